The van der Waals surface area contributed by atoms with Crippen LogP contribution in [0.5, 0.6) is 0 Å². The van der Waals surface area contributed by atoms with Crippen molar-refractivity contribution in [2.75, 3.05) is 7.11 Å². The highest BCUT2D eigenvalue weighted by molar-refractivity contribution is 5.78. The Balaban J connectivity index is 2.72. The molecule has 1 rings (SSSR count). The molecule has 0 aliphatic heterocycles. The van der Waals surface area contributed by atoms with E-state index in [0.29, 0.717) is 5.76 Å². The molecule has 1 aromatic heterocycles. The van der Waals surface area contributed by atoms with Crippen LogP contribution in [0.25, 0.3) is 6.08 Å². The van der Waals surface area contributed by atoms with Gasteiger partial charge in [0.1, 0.15) is 11.5 Å². The first kappa shape index (κ1) is 11.1. The number of furan rings is 1. The normalized spacial score (nSPS) is 12.3. The van der Waals surface area contributed by atoms with E-state index in [1.807, 2.05) is 13.0 Å². The summed E-state index contributed by atoms with van der Waals surface area (Å²) in [5.74, 6) is -0.0738. The second-order valence-electron chi connectivity index (χ2n) is 2.94. The molecule has 0 aliphatic rings. The van der Waals surface area contributed by atoms with Gasteiger partial charge in [0.15, 0.2) is 5.92 Å². The number of esters is 1. The van der Waals surface area contributed by atoms with Gasteiger partial charge in [0.2, 0.25) is 0 Å². The number of hydrogen-bond donors (Lipinski definition) is 0. The van der Waals surface area contributed by atoms with Gasteiger partial charge in [-0.25, -0.2) is 0 Å². The van der Waals surface area contributed by atoms with Crippen molar-refractivity contribution in [1.82, 2.24) is 0 Å². The molecular formula is C11H11NO3. The van der Waals surface area contributed by atoms with E-state index >= 15 is 0 Å². The predicted molar refractivity (Wildman–Crippen MR) is 53.6 cm³/mol. The summed E-state index contributed by atoms with van der Waals surface area (Å²) in [5, 5.41) is 8.68. The second kappa shape index (κ2) is 5.01. The largest absolute Gasteiger partial charge is 0.468 e. The molecule has 4 nitrogen and oxygen atoms in total. The van der Waals surface area contributed by atoms with Gasteiger partial charge in [-0.1, -0.05) is 6.08 Å². The van der Waals surface area contributed by atoms with Crippen LogP contribution in [-0.2, 0) is 9.53 Å². The minimum atomic E-state index is -0.889. The van der Waals surface area contributed by atoms with E-state index in [2.05, 4.69) is 4.74 Å². The second-order valence-corrected chi connectivity index (χ2v) is 2.94. The van der Waals surface area contributed by atoms with E-state index in [-0.39, 0.29) is 0 Å². The molecule has 1 heterocycles. The Kier molecular flexibility index (Phi) is 3.69. The zero-order chi connectivity index (χ0) is 11.3. The van der Waals surface area contributed by atoms with Crippen LogP contribution >= 0.6 is 0 Å². The summed E-state index contributed by atoms with van der Waals surface area (Å²) in [6.07, 6.45) is 3.03. The van der Waals surface area contributed by atoms with Crippen molar-refractivity contribution in [1.29, 1.82) is 5.26 Å². The molecule has 0 aromatic carbocycles. The standard InChI is InChI=1S/C11H11NO3/c1-8-3-5-10(15-8)6-4-9(7-12)11(13)14-2/h3-6,9H,1-2H3/b6-4-. The average molecular weight is 205 g/mol. The molecule has 1 atom stereocenters. The van der Waals surface area contributed by atoms with Gasteiger partial charge in [0.25, 0.3) is 0 Å². The van der Waals surface area contributed by atoms with Crippen LogP contribution in [0.4, 0.5) is 0 Å². The van der Waals surface area contributed by atoms with Crippen LogP contribution < -0.4 is 0 Å². The van der Waals surface area contributed by atoms with Crippen molar-refractivity contribution in [3.63, 3.8) is 0 Å². The van der Waals surface area contributed by atoms with Gasteiger partial charge in [-0.15, -0.1) is 0 Å². The monoisotopic (exact) mass is 205 g/mol. The number of hydrogen-bond acceptors (Lipinski definition) is 4. The highest BCUT2D eigenvalue weighted by Gasteiger charge is 2.14. The Morgan fingerprint density at radius 3 is 2.87 bits per heavy atom. The van der Waals surface area contributed by atoms with E-state index in [1.165, 1.54) is 13.2 Å². The minimum absolute atomic E-state index is 0.572. The van der Waals surface area contributed by atoms with E-state index in [1.54, 1.807) is 18.2 Å². The summed E-state index contributed by atoms with van der Waals surface area (Å²) < 4.78 is 9.70. The maximum Gasteiger partial charge on any atom is 0.327 e. The molecule has 78 valence electrons. The van der Waals surface area contributed by atoms with Gasteiger partial charge in [-0.2, -0.15) is 5.26 Å². The minimum Gasteiger partial charge on any atom is -0.468 e. The molecule has 0 bridgehead atoms. The van der Waals surface area contributed by atoms with Gasteiger partial charge < -0.3 is 9.15 Å². The number of nitrogens with zero attached hydrogens (tertiary/aromatic N) is 1. The van der Waals surface area contributed by atoms with Crippen LogP contribution in [0, 0.1) is 24.2 Å². The third-order valence-corrected chi connectivity index (χ3v) is 1.81. The molecule has 0 spiro atoms. The quantitative estimate of drug-likeness (QED) is 0.707. The lowest BCUT2D eigenvalue weighted by Gasteiger charge is -1.99. The van der Waals surface area contributed by atoms with Crippen LogP contribution in [0.15, 0.2) is 22.6 Å². The maximum atomic E-state index is 11.0. The van der Waals surface area contributed by atoms with E-state index in [4.69, 9.17) is 9.68 Å². The maximum absolute atomic E-state index is 11.0. The van der Waals surface area contributed by atoms with Crippen LogP contribution in [-0.4, -0.2) is 13.1 Å². The van der Waals surface area contributed by atoms with E-state index in [0.717, 1.165) is 5.76 Å². The third-order valence-electron chi connectivity index (χ3n) is 1.81. The Hall–Kier alpha value is -2.02. The van der Waals surface area contributed by atoms with E-state index < -0.39 is 11.9 Å². The molecule has 4 heteroatoms. The van der Waals surface area contributed by atoms with Gasteiger partial charge in [0, 0.05) is 0 Å². The molecule has 0 N–H and O–H groups in total. The number of carbonyl (C=O) groups is 1. The third kappa shape index (κ3) is 2.99. The molecule has 0 aliphatic carbocycles. The number of rotatable bonds is 3. The number of ether oxygens (including phenoxy) is 1. The Morgan fingerprint density at radius 2 is 2.40 bits per heavy atom. The van der Waals surface area contributed by atoms with Gasteiger partial charge in [-0.05, 0) is 25.1 Å². The van der Waals surface area contributed by atoms with Crippen molar-refractivity contribution in [2.24, 2.45) is 5.92 Å². The smallest absolute Gasteiger partial charge is 0.327 e. The fraction of sp³-hybridized carbons (Fsp3) is 0.273. The van der Waals surface area contributed by atoms with Crippen molar-refractivity contribution in [2.45, 2.75) is 6.92 Å². The summed E-state index contributed by atoms with van der Waals surface area (Å²) in [4.78, 5) is 11.0. The zero-order valence-corrected chi connectivity index (χ0v) is 8.56. The first-order valence-electron chi connectivity index (χ1n) is 4.39. The van der Waals surface area contributed by atoms with Gasteiger partial charge in [0.05, 0.1) is 13.2 Å². The fourth-order valence-electron chi connectivity index (χ4n) is 1.04. The fourth-order valence-corrected chi connectivity index (χ4v) is 1.04. The number of nitriles is 1. The molecule has 0 radical (unpaired) electrons. The van der Waals surface area contributed by atoms with Crippen molar-refractivity contribution in [3.05, 3.63) is 29.7 Å². The van der Waals surface area contributed by atoms with Crippen molar-refractivity contribution in [3.8, 4) is 6.07 Å². The van der Waals surface area contributed by atoms with Crippen molar-refractivity contribution >= 4 is 12.0 Å². The van der Waals surface area contributed by atoms with Crippen LogP contribution in [0.1, 0.15) is 11.5 Å². The molecule has 0 fully saturated rings. The number of aryl methyl sites for hydroxylation is 1. The van der Waals surface area contributed by atoms with Gasteiger partial charge in [-0.3, -0.25) is 4.79 Å². The number of carbonyl (C=O) groups excluding carboxylic acids is 1. The Bertz CT molecular complexity index is 412. The summed E-state index contributed by atoms with van der Waals surface area (Å²) in [6, 6.07) is 5.39. The molecular weight excluding hydrogens is 194 g/mol. The lowest BCUT2D eigenvalue weighted by Crippen LogP contribution is -2.11. The lowest BCUT2D eigenvalue weighted by atomic mass is 10.1. The molecule has 1 aromatic rings. The molecule has 15 heavy (non-hydrogen) atoms. The Morgan fingerprint density at radius 1 is 1.67 bits per heavy atom. The summed E-state index contributed by atoms with van der Waals surface area (Å²) in [7, 11) is 1.25. The highest BCUT2D eigenvalue weighted by atomic mass is 16.5. The summed E-state index contributed by atoms with van der Waals surface area (Å²) in [5.41, 5.74) is 0. The molecule has 0 saturated carbocycles. The Labute approximate surface area is 87.8 Å². The van der Waals surface area contributed by atoms with Crippen LogP contribution in [0.2, 0.25) is 0 Å². The molecule has 0 amide bonds. The summed E-state index contributed by atoms with van der Waals surface area (Å²) >= 11 is 0. The lowest BCUT2D eigenvalue weighted by molar-refractivity contribution is -0.142. The van der Waals surface area contributed by atoms with Crippen molar-refractivity contribution < 1.29 is 13.9 Å². The average Bonchev–Trinajstić information content (AvgIpc) is 2.64. The number of methoxy groups -OCH3 is 1. The first-order valence-corrected chi connectivity index (χ1v) is 4.39. The SMILES string of the molecule is COC(=O)C(C#N)/C=C\c1ccc(C)o1. The van der Waals surface area contributed by atoms with Gasteiger partial charge >= 0.3 is 5.97 Å². The molecule has 0 saturated heterocycles. The summed E-state index contributed by atoms with van der Waals surface area (Å²) in [6.45, 7) is 1.82. The zero-order valence-electron chi connectivity index (χ0n) is 8.56. The van der Waals surface area contributed by atoms with E-state index in [9.17, 15) is 4.79 Å². The topological polar surface area (TPSA) is 63.2 Å². The highest BCUT2D eigenvalue weighted by Crippen LogP contribution is 2.10. The van der Waals surface area contributed by atoms with Crippen LogP contribution in [0.3, 0.4) is 0 Å². The molecule has 1 unspecified atom stereocenters. The first-order chi connectivity index (χ1) is 7.17. The predicted octanol–water partition coefficient (Wildman–Crippen LogP) is 1.91.